The molecule has 0 radical (unpaired) electrons. The number of methoxy groups -OCH3 is 1. The maximum absolute atomic E-state index is 11.6. The third kappa shape index (κ3) is 4.17. The minimum atomic E-state index is -0.789. The Hall–Kier alpha value is -0.650. The average Bonchev–Trinajstić information content (AvgIpc) is 2.81. The number of carbonyl (C=O) groups excluding carboxylic acids is 1. The van der Waals surface area contributed by atoms with Crippen molar-refractivity contribution in [2.24, 2.45) is 17.4 Å². The summed E-state index contributed by atoms with van der Waals surface area (Å²) in [5.74, 6) is -0.124. The first-order chi connectivity index (χ1) is 9.45. The molecule has 0 aromatic rings. The number of nitrogens with zero attached hydrogens (tertiary/aromatic N) is 1. The van der Waals surface area contributed by atoms with Crippen LogP contribution in [0.1, 0.15) is 46.0 Å². The highest BCUT2D eigenvalue weighted by Crippen LogP contribution is 2.36. The number of nitrogens with two attached hydrogens (primary N) is 2. The molecule has 1 aliphatic rings. The fourth-order valence-corrected chi connectivity index (χ4v) is 3.17. The van der Waals surface area contributed by atoms with Crippen molar-refractivity contribution in [3.05, 3.63) is 0 Å². The van der Waals surface area contributed by atoms with Gasteiger partial charge in [0.1, 0.15) is 0 Å². The molecule has 0 aromatic heterocycles. The van der Waals surface area contributed by atoms with Crippen LogP contribution in [-0.4, -0.2) is 49.2 Å². The molecule has 0 heterocycles. The quantitative estimate of drug-likeness (QED) is 0.665. The summed E-state index contributed by atoms with van der Waals surface area (Å²) in [6, 6.07) is 0.521. The van der Waals surface area contributed by atoms with Crippen molar-refractivity contribution in [3.8, 4) is 0 Å². The first kappa shape index (κ1) is 17.4. The summed E-state index contributed by atoms with van der Waals surface area (Å²) < 4.78 is 5.18. The van der Waals surface area contributed by atoms with Gasteiger partial charge < -0.3 is 16.2 Å². The highest BCUT2D eigenvalue weighted by Gasteiger charge is 2.44. The zero-order valence-corrected chi connectivity index (χ0v) is 13.2. The van der Waals surface area contributed by atoms with Gasteiger partial charge in [-0.2, -0.15) is 0 Å². The van der Waals surface area contributed by atoms with E-state index in [-0.39, 0.29) is 11.8 Å². The Kier molecular flexibility index (Phi) is 6.92. The lowest BCUT2D eigenvalue weighted by molar-refractivity contribution is -0.124. The molecule has 0 saturated heterocycles. The Morgan fingerprint density at radius 2 is 2.20 bits per heavy atom. The Balaban J connectivity index is 2.55. The van der Waals surface area contributed by atoms with Crippen LogP contribution in [0.3, 0.4) is 0 Å². The Morgan fingerprint density at radius 1 is 1.50 bits per heavy atom. The van der Waals surface area contributed by atoms with E-state index in [1.165, 1.54) is 0 Å². The van der Waals surface area contributed by atoms with Crippen LogP contribution >= 0.6 is 0 Å². The van der Waals surface area contributed by atoms with E-state index >= 15 is 0 Å². The van der Waals surface area contributed by atoms with Crippen molar-refractivity contribution < 1.29 is 9.53 Å². The van der Waals surface area contributed by atoms with Gasteiger partial charge >= 0.3 is 0 Å². The highest BCUT2D eigenvalue weighted by atomic mass is 16.5. The average molecular weight is 285 g/mol. The molecule has 1 amide bonds. The van der Waals surface area contributed by atoms with Gasteiger partial charge in [0, 0.05) is 19.7 Å². The molecule has 118 valence electrons. The maximum Gasteiger partial charge on any atom is 0.237 e. The van der Waals surface area contributed by atoms with E-state index in [2.05, 4.69) is 18.7 Å². The van der Waals surface area contributed by atoms with Crippen molar-refractivity contribution in [2.45, 2.75) is 57.5 Å². The number of hydrogen-bond acceptors (Lipinski definition) is 4. The Morgan fingerprint density at radius 3 is 2.75 bits per heavy atom. The Bertz CT molecular complexity index is 311. The van der Waals surface area contributed by atoms with Crippen LogP contribution in [-0.2, 0) is 9.53 Å². The van der Waals surface area contributed by atoms with E-state index in [1.54, 1.807) is 7.11 Å². The molecule has 0 aromatic carbocycles. The number of ether oxygens (including phenoxy) is 1. The number of amides is 1. The predicted molar refractivity (Wildman–Crippen MR) is 81.3 cm³/mol. The van der Waals surface area contributed by atoms with E-state index in [0.717, 1.165) is 51.8 Å². The van der Waals surface area contributed by atoms with Crippen LogP contribution in [0.25, 0.3) is 0 Å². The van der Waals surface area contributed by atoms with Gasteiger partial charge in [-0.1, -0.05) is 13.3 Å². The third-order valence-corrected chi connectivity index (χ3v) is 4.89. The molecule has 1 fully saturated rings. The topological polar surface area (TPSA) is 81.6 Å². The molecule has 1 saturated carbocycles. The molecule has 3 atom stereocenters. The second-order valence-electron chi connectivity index (χ2n) is 6.07. The number of primary amides is 1. The van der Waals surface area contributed by atoms with E-state index in [1.807, 2.05) is 0 Å². The molecule has 1 rings (SSSR count). The number of rotatable bonds is 9. The van der Waals surface area contributed by atoms with Crippen molar-refractivity contribution in [2.75, 3.05) is 26.8 Å². The van der Waals surface area contributed by atoms with Crippen molar-refractivity contribution in [1.29, 1.82) is 0 Å². The van der Waals surface area contributed by atoms with E-state index in [9.17, 15) is 4.79 Å². The fraction of sp³-hybridized carbons (Fsp3) is 0.933. The minimum Gasteiger partial charge on any atom is -0.383 e. The molecule has 20 heavy (non-hydrogen) atoms. The monoisotopic (exact) mass is 285 g/mol. The van der Waals surface area contributed by atoms with Crippen LogP contribution in [0.4, 0.5) is 0 Å². The Labute approximate surface area is 123 Å². The molecule has 0 spiro atoms. The number of hydrogen-bond donors (Lipinski definition) is 2. The lowest BCUT2D eigenvalue weighted by atomic mass is 9.85. The van der Waals surface area contributed by atoms with E-state index in [4.69, 9.17) is 16.2 Å². The van der Waals surface area contributed by atoms with Gasteiger partial charge in [0.25, 0.3) is 0 Å². The first-order valence-electron chi connectivity index (χ1n) is 7.77. The summed E-state index contributed by atoms with van der Waals surface area (Å²) in [5.41, 5.74) is 10.9. The molecule has 5 nitrogen and oxygen atoms in total. The molecular weight excluding hydrogens is 254 g/mol. The predicted octanol–water partition coefficient (Wildman–Crippen LogP) is 1.11. The highest BCUT2D eigenvalue weighted by molar-refractivity contribution is 5.85. The van der Waals surface area contributed by atoms with Gasteiger partial charge in [0.2, 0.25) is 5.91 Å². The SMILES string of the molecule is CCC(C)N(CCOC)CCC1CCCC1(N)C(N)=O. The normalized spacial score (nSPS) is 27.9. The molecule has 0 aliphatic heterocycles. The largest absolute Gasteiger partial charge is 0.383 e. The molecular formula is C15H31N3O2. The summed E-state index contributed by atoms with van der Waals surface area (Å²) in [5, 5.41) is 0. The smallest absolute Gasteiger partial charge is 0.237 e. The van der Waals surface area contributed by atoms with Crippen LogP contribution in [0.2, 0.25) is 0 Å². The summed E-state index contributed by atoms with van der Waals surface area (Å²) in [6.45, 7) is 7.03. The van der Waals surface area contributed by atoms with Crippen LogP contribution in [0.15, 0.2) is 0 Å². The summed E-state index contributed by atoms with van der Waals surface area (Å²) >= 11 is 0. The van der Waals surface area contributed by atoms with E-state index in [0.29, 0.717) is 6.04 Å². The van der Waals surface area contributed by atoms with Crippen molar-refractivity contribution in [3.63, 3.8) is 0 Å². The van der Waals surface area contributed by atoms with Gasteiger partial charge in [-0.05, 0) is 45.1 Å². The van der Waals surface area contributed by atoms with Gasteiger partial charge in [-0.3, -0.25) is 9.69 Å². The molecule has 4 N–H and O–H groups in total. The summed E-state index contributed by atoms with van der Waals surface area (Å²) in [6.07, 6.45) is 4.80. The van der Waals surface area contributed by atoms with Gasteiger partial charge in [0.05, 0.1) is 12.1 Å². The van der Waals surface area contributed by atoms with Gasteiger partial charge in [-0.15, -0.1) is 0 Å². The standard InChI is InChI=1S/C15H31N3O2/c1-4-12(2)18(10-11-20-3)9-7-13-6-5-8-15(13,17)14(16)19/h12-13H,4-11,17H2,1-3H3,(H2,16,19). The minimum absolute atomic E-state index is 0.217. The third-order valence-electron chi connectivity index (χ3n) is 4.89. The number of carbonyl (C=O) groups is 1. The van der Waals surface area contributed by atoms with Crippen LogP contribution < -0.4 is 11.5 Å². The second-order valence-corrected chi connectivity index (χ2v) is 6.07. The summed E-state index contributed by atoms with van der Waals surface area (Å²) in [4.78, 5) is 14.0. The summed E-state index contributed by atoms with van der Waals surface area (Å²) in [7, 11) is 1.73. The zero-order chi connectivity index (χ0) is 15.2. The zero-order valence-electron chi connectivity index (χ0n) is 13.2. The van der Waals surface area contributed by atoms with E-state index < -0.39 is 5.54 Å². The van der Waals surface area contributed by atoms with Crippen LogP contribution in [0.5, 0.6) is 0 Å². The molecule has 3 unspecified atom stereocenters. The van der Waals surface area contributed by atoms with Gasteiger partial charge in [0.15, 0.2) is 0 Å². The first-order valence-corrected chi connectivity index (χ1v) is 7.77. The lowest BCUT2D eigenvalue weighted by Crippen LogP contribution is -2.55. The maximum atomic E-state index is 11.6. The van der Waals surface area contributed by atoms with Gasteiger partial charge in [-0.25, -0.2) is 0 Å². The molecule has 0 bridgehead atoms. The van der Waals surface area contributed by atoms with Crippen molar-refractivity contribution >= 4 is 5.91 Å². The second kappa shape index (κ2) is 7.96. The fourth-order valence-electron chi connectivity index (χ4n) is 3.17. The molecule has 5 heteroatoms. The molecule has 1 aliphatic carbocycles. The van der Waals surface area contributed by atoms with Crippen LogP contribution in [0, 0.1) is 5.92 Å². The lowest BCUT2D eigenvalue weighted by Gasteiger charge is -2.33. The van der Waals surface area contributed by atoms with Crippen molar-refractivity contribution in [1.82, 2.24) is 4.90 Å².